The van der Waals surface area contributed by atoms with Gasteiger partial charge in [-0.25, -0.2) is 4.79 Å². The van der Waals surface area contributed by atoms with E-state index < -0.39 is 30.2 Å². The number of aliphatic carboxylic acids is 2. The van der Waals surface area contributed by atoms with Crippen molar-refractivity contribution in [2.24, 2.45) is 17.6 Å². The minimum absolute atomic E-state index is 0.0344. The Kier molecular flexibility index (Phi) is 8.68. The number of carbonyl (C=O) groups is 4. The molecule has 1 aromatic rings. The Hall–Kier alpha value is -3.62. The molecule has 1 heterocycles. The minimum atomic E-state index is -1.30. The van der Waals surface area contributed by atoms with Crippen molar-refractivity contribution in [1.82, 2.24) is 16.0 Å². The van der Waals surface area contributed by atoms with Crippen LogP contribution in [0.15, 0.2) is 24.3 Å². The normalized spacial score (nSPS) is 24.3. The number of anilines is 1. The molecule has 0 aromatic heterocycles. The molecule has 11 nitrogen and oxygen atoms in total. The van der Waals surface area contributed by atoms with E-state index in [2.05, 4.69) is 21.9 Å². The van der Waals surface area contributed by atoms with Crippen LogP contribution in [0.1, 0.15) is 42.5 Å². The predicted molar refractivity (Wildman–Crippen MR) is 127 cm³/mol. The molecule has 7 N–H and O–H groups in total. The van der Waals surface area contributed by atoms with Gasteiger partial charge in [0.1, 0.15) is 12.3 Å². The summed E-state index contributed by atoms with van der Waals surface area (Å²) in [5, 5.41) is 26.3. The summed E-state index contributed by atoms with van der Waals surface area (Å²) in [5.41, 5.74) is 6.86. The molecule has 11 heteroatoms. The van der Waals surface area contributed by atoms with Crippen LogP contribution in [0.2, 0.25) is 0 Å². The minimum Gasteiger partial charge on any atom is -0.481 e. The van der Waals surface area contributed by atoms with Crippen LogP contribution in [0.3, 0.4) is 0 Å². The molecule has 0 bridgehead atoms. The van der Waals surface area contributed by atoms with Gasteiger partial charge in [-0.2, -0.15) is 0 Å². The van der Waals surface area contributed by atoms with Gasteiger partial charge in [-0.1, -0.05) is 5.92 Å². The average molecular weight is 486 g/mol. The number of nitrogens with two attached hydrogens (primary N) is 1. The molecule has 1 saturated heterocycles. The molecule has 188 valence electrons. The summed E-state index contributed by atoms with van der Waals surface area (Å²) in [4.78, 5) is 49.0. The monoisotopic (exact) mass is 485 g/mol. The molecule has 2 fully saturated rings. The van der Waals surface area contributed by atoms with Gasteiger partial charge >= 0.3 is 11.9 Å². The third kappa shape index (κ3) is 6.94. The lowest BCUT2D eigenvalue weighted by atomic mass is 9.76. The Labute approximate surface area is 203 Å². The van der Waals surface area contributed by atoms with Crippen molar-refractivity contribution in [3.8, 4) is 12.3 Å². The van der Waals surface area contributed by atoms with Crippen LogP contribution in [0.5, 0.6) is 0 Å². The Balaban J connectivity index is 1.63. The highest BCUT2D eigenvalue weighted by molar-refractivity contribution is 5.97. The number of nitrogens with one attached hydrogen (secondary N) is 3. The van der Waals surface area contributed by atoms with E-state index in [0.29, 0.717) is 19.5 Å². The third-order valence-electron chi connectivity index (χ3n) is 6.49. The highest BCUT2D eigenvalue weighted by atomic mass is 16.4. The molecule has 1 aromatic carbocycles. The van der Waals surface area contributed by atoms with Gasteiger partial charge in [0.05, 0.1) is 12.5 Å². The number of benzene rings is 1. The number of carbonyl (C=O) groups excluding carboxylic acids is 2. The van der Waals surface area contributed by atoms with Crippen molar-refractivity contribution in [3.63, 3.8) is 0 Å². The molecular formula is C24H31N5O6. The van der Waals surface area contributed by atoms with Gasteiger partial charge in [0.15, 0.2) is 0 Å². The molecule has 0 spiro atoms. The fourth-order valence-electron chi connectivity index (χ4n) is 4.72. The Morgan fingerprint density at radius 2 is 1.94 bits per heavy atom. The van der Waals surface area contributed by atoms with Crippen LogP contribution < -0.4 is 26.6 Å². The zero-order valence-corrected chi connectivity index (χ0v) is 19.3. The summed E-state index contributed by atoms with van der Waals surface area (Å²) in [6.45, 7) is 0.996. The maximum Gasteiger partial charge on any atom is 0.326 e. The van der Waals surface area contributed by atoms with Crippen molar-refractivity contribution in [2.75, 3.05) is 18.0 Å². The lowest BCUT2D eigenvalue weighted by Gasteiger charge is -2.42. The molecule has 5 unspecified atom stereocenters. The summed E-state index contributed by atoms with van der Waals surface area (Å²) in [7, 11) is 0. The maximum absolute atomic E-state index is 12.5. The molecule has 1 saturated carbocycles. The van der Waals surface area contributed by atoms with Crippen molar-refractivity contribution in [3.05, 3.63) is 29.8 Å². The van der Waals surface area contributed by atoms with Gasteiger partial charge in [-0.15, -0.1) is 6.42 Å². The second-order valence-corrected chi connectivity index (χ2v) is 8.97. The average Bonchev–Trinajstić information content (AvgIpc) is 2.81. The zero-order chi connectivity index (χ0) is 25.5. The lowest BCUT2D eigenvalue weighted by molar-refractivity contribution is -0.140. The van der Waals surface area contributed by atoms with Gasteiger partial charge in [0.25, 0.3) is 5.91 Å². The fraction of sp³-hybridized carbons (Fsp3) is 0.500. The second-order valence-electron chi connectivity index (χ2n) is 8.97. The molecule has 3 rings (SSSR count). The standard InChI is InChI=1S/C24H31N5O6/c1-2-11-29(13-14-3-8-18-17(12-14)22(33)28-24(25)27-18)16-6-4-15(5-7-16)21(32)26-19(23(34)35)9-10-20(30)31/h1,4-7,14,17-19,24,27H,3,8-13,25H2,(H,26,32)(H,28,33)(H,30,31)(H,34,35). The number of terminal acetylenes is 1. The number of carboxylic acid groups (broad SMARTS) is 2. The zero-order valence-electron chi connectivity index (χ0n) is 19.3. The number of carboxylic acids is 2. The lowest BCUT2D eigenvalue weighted by Crippen LogP contribution is -2.66. The number of hydrogen-bond acceptors (Lipinski definition) is 7. The number of hydrogen-bond donors (Lipinski definition) is 6. The molecule has 1 aliphatic carbocycles. The number of fused-ring (bicyclic) bond motifs is 1. The van der Waals surface area contributed by atoms with Crippen molar-refractivity contribution < 1.29 is 29.4 Å². The number of nitrogens with zero attached hydrogens (tertiary/aromatic N) is 1. The van der Waals surface area contributed by atoms with Crippen LogP contribution in [0.25, 0.3) is 0 Å². The van der Waals surface area contributed by atoms with Crippen LogP contribution in [0.4, 0.5) is 5.69 Å². The molecular weight excluding hydrogens is 454 g/mol. The highest BCUT2D eigenvalue weighted by Gasteiger charge is 2.39. The van der Waals surface area contributed by atoms with Crippen molar-refractivity contribution in [1.29, 1.82) is 0 Å². The van der Waals surface area contributed by atoms with Crippen LogP contribution >= 0.6 is 0 Å². The van der Waals surface area contributed by atoms with Gasteiger partial charge in [0, 0.05) is 30.3 Å². The maximum atomic E-state index is 12.5. The largest absolute Gasteiger partial charge is 0.481 e. The Morgan fingerprint density at radius 3 is 2.57 bits per heavy atom. The predicted octanol–water partition coefficient (Wildman–Crippen LogP) is -0.0794. The van der Waals surface area contributed by atoms with Gasteiger partial charge in [0.2, 0.25) is 5.91 Å². The smallest absolute Gasteiger partial charge is 0.326 e. The second kappa shape index (κ2) is 11.7. The third-order valence-corrected chi connectivity index (χ3v) is 6.49. The summed E-state index contributed by atoms with van der Waals surface area (Å²) >= 11 is 0. The van der Waals surface area contributed by atoms with E-state index in [1.54, 1.807) is 24.3 Å². The first-order valence-corrected chi connectivity index (χ1v) is 11.5. The molecule has 1 aliphatic heterocycles. The molecule has 35 heavy (non-hydrogen) atoms. The van der Waals surface area contributed by atoms with E-state index >= 15 is 0 Å². The Bertz CT molecular complexity index is 991. The van der Waals surface area contributed by atoms with Gasteiger partial charge in [-0.05, 0) is 55.9 Å². The van der Waals surface area contributed by atoms with E-state index in [9.17, 15) is 24.3 Å². The number of amides is 2. The van der Waals surface area contributed by atoms with E-state index in [4.69, 9.17) is 17.3 Å². The quantitative estimate of drug-likeness (QED) is 0.248. The highest BCUT2D eigenvalue weighted by Crippen LogP contribution is 2.32. The van der Waals surface area contributed by atoms with Gasteiger partial charge in [-0.3, -0.25) is 25.4 Å². The fourth-order valence-corrected chi connectivity index (χ4v) is 4.72. The van der Waals surface area contributed by atoms with E-state index in [0.717, 1.165) is 18.5 Å². The SMILES string of the molecule is C#CCN(CC1CCC2NC(N)NC(=O)C2C1)c1ccc(C(=O)NC(CCC(=O)O)C(=O)O)cc1. The topological polar surface area (TPSA) is 174 Å². The number of rotatable bonds is 10. The first kappa shape index (κ1) is 26.0. The van der Waals surface area contributed by atoms with Gasteiger partial charge < -0.3 is 25.7 Å². The Morgan fingerprint density at radius 1 is 1.23 bits per heavy atom. The van der Waals surface area contributed by atoms with Crippen molar-refractivity contribution in [2.45, 2.75) is 50.5 Å². The van der Waals surface area contributed by atoms with E-state index in [1.165, 1.54) is 0 Å². The first-order valence-electron chi connectivity index (χ1n) is 11.5. The van der Waals surface area contributed by atoms with Crippen molar-refractivity contribution >= 4 is 29.4 Å². The van der Waals surface area contributed by atoms with E-state index in [1.807, 2.05) is 4.90 Å². The summed E-state index contributed by atoms with van der Waals surface area (Å²) in [6.07, 6.45) is 6.95. The molecule has 2 aliphatic rings. The molecule has 5 atom stereocenters. The van der Waals surface area contributed by atoms with E-state index in [-0.39, 0.29) is 42.2 Å². The van der Waals surface area contributed by atoms with Crippen LogP contribution in [-0.2, 0) is 14.4 Å². The summed E-state index contributed by atoms with van der Waals surface area (Å²) < 4.78 is 0. The van der Waals surface area contributed by atoms with Crippen LogP contribution in [-0.4, -0.2) is 65.4 Å². The van der Waals surface area contributed by atoms with Crippen LogP contribution in [0, 0.1) is 24.2 Å². The summed E-state index contributed by atoms with van der Waals surface area (Å²) in [6, 6.07) is 5.38. The molecule has 2 amide bonds. The summed E-state index contributed by atoms with van der Waals surface area (Å²) in [5.74, 6) is -0.317. The molecule has 0 radical (unpaired) electrons. The first-order chi connectivity index (χ1) is 16.7.